The smallest absolute Gasteiger partial charge is 0.356 e. The second-order valence-corrected chi connectivity index (χ2v) is 9.20. The Hall–Kier alpha value is -1.79. The summed E-state index contributed by atoms with van der Waals surface area (Å²) in [7, 11) is -2.52. The fourth-order valence-corrected chi connectivity index (χ4v) is 5.90. The van der Waals surface area contributed by atoms with Crippen molar-refractivity contribution in [2.45, 2.75) is 13.6 Å². The SMILES string of the molecule is CCOC(=O)c1c(P(=O)(OC)c2cccc(CF)c2)c2cc(Cl)ccc2n1S. The maximum atomic E-state index is 14.1. The average Bonchev–Trinajstić information content (AvgIpc) is 2.99. The number of aromatic nitrogens is 1. The first-order chi connectivity index (χ1) is 13.4. The number of hydrogen-bond donors (Lipinski definition) is 1. The molecule has 0 aliphatic heterocycles. The lowest BCUT2D eigenvalue weighted by Crippen LogP contribution is -2.24. The van der Waals surface area contributed by atoms with Crippen LogP contribution in [-0.2, 0) is 20.5 Å². The molecular weight excluding hydrogens is 424 g/mol. The quantitative estimate of drug-likeness (QED) is 0.347. The van der Waals surface area contributed by atoms with Gasteiger partial charge in [-0.1, -0.05) is 36.5 Å². The first-order valence-corrected chi connectivity index (χ1v) is 10.8. The molecular formula is C19H18ClFNO4PS. The Kier molecular flexibility index (Phi) is 6.20. The van der Waals surface area contributed by atoms with Crippen LogP contribution in [0, 0.1) is 0 Å². The second-order valence-electron chi connectivity index (χ2n) is 5.93. The van der Waals surface area contributed by atoms with Crippen LogP contribution < -0.4 is 10.6 Å². The molecule has 3 aromatic rings. The van der Waals surface area contributed by atoms with Crippen LogP contribution in [0.5, 0.6) is 0 Å². The third-order valence-electron chi connectivity index (χ3n) is 4.30. The number of hydrogen-bond acceptors (Lipinski definition) is 5. The summed E-state index contributed by atoms with van der Waals surface area (Å²) in [5, 5.41) is 1.22. The van der Waals surface area contributed by atoms with E-state index in [2.05, 4.69) is 12.8 Å². The van der Waals surface area contributed by atoms with E-state index >= 15 is 0 Å². The Morgan fingerprint density at radius 3 is 2.68 bits per heavy atom. The summed E-state index contributed by atoms with van der Waals surface area (Å²) in [4.78, 5) is 12.7. The van der Waals surface area contributed by atoms with Crippen molar-refractivity contribution < 1.29 is 23.0 Å². The Bertz CT molecular complexity index is 1100. The minimum atomic E-state index is -3.80. The molecule has 0 saturated carbocycles. The molecule has 0 aliphatic carbocycles. The van der Waals surface area contributed by atoms with Crippen molar-refractivity contribution in [1.29, 1.82) is 0 Å². The van der Waals surface area contributed by atoms with Gasteiger partial charge in [0.2, 0.25) is 0 Å². The molecule has 1 atom stereocenters. The Morgan fingerprint density at radius 2 is 2.04 bits per heavy atom. The molecule has 0 spiro atoms. The van der Waals surface area contributed by atoms with Gasteiger partial charge in [-0.2, -0.15) is 0 Å². The lowest BCUT2D eigenvalue weighted by molar-refractivity contribution is 0.0520. The van der Waals surface area contributed by atoms with Gasteiger partial charge in [0.15, 0.2) is 5.69 Å². The summed E-state index contributed by atoms with van der Waals surface area (Å²) >= 11 is 10.6. The van der Waals surface area contributed by atoms with Crippen molar-refractivity contribution in [2.75, 3.05) is 13.7 Å². The Balaban J connectivity index is 2.41. The Morgan fingerprint density at radius 1 is 1.29 bits per heavy atom. The van der Waals surface area contributed by atoms with Crippen molar-refractivity contribution in [1.82, 2.24) is 3.97 Å². The van der Waals surface area contributed by atoms with Crippen LogP contribution in [0.2, 0.25) is 5.02 Å². The molecule has 148 valence electrons. The largest absolute Gasteiger partial charge is 0.461 e. The molecule has 0 amide bonds. The number of halogens is 2. The number of nitrogens with zero attached hydrogens (tertiary/aromatic N) is 1. The number of fused-ring (bicyclic) bond motifs is 1. The summed E-state index contributed by atoms with van der Waals surface area (Å²) < 4.78 is 39.2. The highest BCUT2D eigenvalue weighted by Gasteiger charge is 2.38. The molecule has 1 unspecified atom stereocenters. The van der Waals surface area contributed by atoms with Crippen LogP contribution in [0.3, 0.4) is 0 Å². The summed E-state index contributed by atoms with van der Waals surface area (Å²) in [5.74, 6) is -0.696. The minimum Gasteiger partial charge on any atom is -0.461 e. The van der Waals surface area contributed by atoms with Crippen molar-refractivity contribution in [2.24, 2.45) is 0 Å². The predicted molar refractivity (Wildman–Crippen MR) is 112 cm³/mol. The van der Waals surface area contributed by atoms with Crippen molar-refractivity contribution in [3.63, 3.8) is 0 Å². The maximum absolute atomic E-state index is 14.1. The summed E-state index contributed by atoms with van der Waals surface area (Å²) in [6.07, 6.45) is 0. The summed E-state index contributed by atoms with van der Waals surface area (Å²) in [5.41, 5.74) is 0.850. The van der Waals surface area contributed by atoms with Crippen LogP contribution >= 0.6 is 31.8 Å². The van der Waals surface area contributed by atoms with Crippen LogP contribution in [0.4, 0.5) is 4.39 Å². The Labute approximate surface area is 172 Å². The first kappa shape index (κ1) is 20.9. The van der Waals surface area contributed by atoms with Crippen LogP contribution in [0.25, 0.3) is 10.9 Å². The highest BCUT2D eigenvalue weighted by atomic mass is 35.5. The molecule has 2 aromatic carbocycles. The molecule has 0 fully saturated rings. The van der Waals surface area contributed by atoms with Gasteiger partial charge in [0.05, 0.1) is 17.4 Å². The van der Waals surface area contributed by atoms with Crippen LogP contribution in [0.1, 0.15) is 23.0 Å². The van der Waals surface area contributed by atoms with Gasteiger partial charge in [-0.15, -0.1) is 0 Å². The van der Waals surface area contributed by atoms with Gasteiger partial charge >= 0.3 is 5.97 Å². The summed E-state index contributed by atoms with van der Waals surface area (Å²) in [6.45, 7) is 1.08. The van der Waals surface area contributed by atoms with E-state index in [9.17, 15) is 13.8 Å². The lowest BCUT2D eigenvalue weighted by atomic mass is 10.2. The van der Waals surface area contributed by atoms with Gasteiger partial charge in [0.1, 0.15) is 6.67 Å². The zero-order valence-electron chi connectivity index (χ0n) is 15.2. The number of alkyl halides is 1. The molecule has 0 N–H and O–H groups in total. The van der Waals surface area contributed by atoms with Crippen molar-refractivity contribution in [3.8, 4) is 0 Å². The number of thiol groups is 1. The standard InChI is InChI=1S/C19H18ClFNO4PS/c1-3-26-19(23)17-18(15-10-13(20)7-8-16(15)22(17)28)27(24,25-2)14-6-4-5-12(9-14)11-21/h4-10,28H,3,11H2,1-2H3. The fraction of sp³-hybridized carbons (Fsp3) is 0.211. The highest BCUT2D eigenvalue weighted by molar-refractivity contribution is 7.79. The molecule has 0 saturated heterocycles. The van der Waals surface area contributed by atoms with Crippen molar-refractivity contribution in [3.05, 3.63) is 58.7 Å². The second kappa shape index (κ2) is 8.29. The van der Waals surface area contributed by atoms with E-state index in [-0.39, 0.29) is 22.9 Å². The van der Waals surface area contributed by atoms with Gasteiger partial charge in [-0.05, 0) is 42.8 Å². The molecule has 9 heteroatoms. The molecule has 0 aliphatic rings. The van der Waals surface area contributed by atoms with E-state index in [4.69, 9.17) is 20.9 Å². The van der Waals surface area contributed by atoms with Crippen LogP contribution in [-0.4, -0.2) is 23.7 Å². The number of benzene rings is 2. The zero-order valence-corrected chi connectivity index (χ0v) is 17.7. The van der Waals surface area contributed by atoms with Gasteiger partial charge in [0.25, 0.3) is 7.37 Å². The number of ether oxygens (including phenoxy) is 1. The third kappa shape index (κ3) is 3.48. The highest BCUT2D eigenvalue weighted by Crippen LogP contribution is 2.48. The summed E-state index contributed by atoms with van der Waals surface area (Å²) in [6, 6.07) is 11.1. The van der Waals surface area contributed by atoms with E-state index in [1.807, 2.05) is 0 Å². The molecule has 5 nitrogen and oxygen atoms in total. The van der Waals surface area contributed by atoms with Crippen LogP contribution in [0.15, 0.2) is 42.5 Å². The number of carbonyl (C=O) groups is 1. The predicted octanol–water partition coefficient (Wildman–Crippen LogP) is 4.51. The fourth-order valence-electron chi connectivity index (χ4n) is 3.06. The van der Waals surface area contributed by atoms with E-state index < -0.39 is 20.0 Å². The maximum Gasteiger partial charge on any atom is 0.356 e. The minimum absolute atomic E-state index is 0.0155. The molecule has 0 radical (unpaired) electrons. The molecule has 1 heterocycles. The third-order valence-corrected chi connectivity index (χ3v) is 7.47. The average molecular weight is 442 g/mol. The van der Waals surface area contributed by atoms with E-state index in [1.165, 1.54) is 17.1 Å². The van der Waals surface area contributed by atoms with E-state index in [1.54, 1.807) is 43.3 Å². The number of rotatable bonds is 6. The van der Waals surface area contributed by atoms with E-state index in [0.717, 1.165) is 0 Å². The number of carbonyl (C=O) groups excluding carboxylic acids is 1. The lowest BCUT2D eigenvalue weighted by Gasteiger charge is -2.18. The van der Waals surface area contributed by atoms with Gasteiger partial charge < -0.3 is 9.26 Å². The first-order valence-electron chi connectivity index (χ1n) is 8.39. The number of esters is 1. The van der Waals surface area contributed by atoms with Gasteiger partial charge in [-0.3, -0.25) is 8.54 Å². The van der Waals surface area contributed by atoms with Crippen molar-refractivity contribution >= 4 is 59.3 Å². The van der Waals surface area contributed by atoms with Gasteiger partial charge in [-0.25, -0.2) is 9.18 Å². The molecule has 0 bridgehead atoms. The zero-order chi connectivity index (χ0) is 20.5. The molecule has 28 heavy (non-hydrogen) atoms. The molecule has 3 rings (SSSR count). The topological polar surface area (TPSA) is 57.5 Å². The monoisotopic (exact) mass is 441 g/mol. The normalized spacial score (nSPS) is 13.5. The molecule has 1 aromatic heterocycles. The van der Waals surface area contributed by atoms with E-state index in [0.29, 0.717) is 21.5 Å². The van der Waals surface area contributed by atoms with Gasteiger partial charge in [0, 0.05) is 22.8 Å².